The maximum atomic E-state index is 11.2. The first-order valence-electron chi connectivity index (χ1n) is 8.57. The van der Waals surface area contributed by atoms with Gasteiger partial charge >= 0.3 is 0 Å². The highest BCUT2D eigenvalue weighted by Gasteiger charge is 2.60. The van der Waals surface area contributed by atoms with Gasteiger partial charge in [0.25, 0.3) is 0 Å². The Kier molecular flexibility index (Phi) is 3.28. The summed E-state index contributed by atoms with van der Waals surface area (Å²) in [6, 6.07) is 0. The van der Waals surface area contributed by atoms with Crippen molar-refractivity contribution >= 4 is 0 Å². The summed E-state index contributed by atoms with van der Waals surface area (Å²) in [5.74, 6) is 3.54. The van der Waals surface area contributed by atoms with E-state index in [1.165, 1.54) is 44.9 Å². The van der Waals surface area contributed by atoms with E-state index in [0.717, 1.165) is 11.8 Å². The van der Waals surface area contributed by atoms with E-state index in [9.17, 15) is 5.11 Å². The number of fused-ring (bicyclic) bond motifs is 2. The molecule has 0 aliphatic heterocycles. The summed E-state index contributed by atoms with van der Waals surface area (Å²) in [4.78, 5) is 0. The van der Waals surface area contributed by atoms with E-state index in [1.54, 1.807) is 0 Å². The average molecular weight is 264 g/mol. The standard InChI is InChI=1S/C18H32O/c1-12-15-10-14(17(15,2)3)11-16(12)18(4,19)13-8-6-5-7-9-13/h12-16,19H,5-11H2,1-4H3/t12-,14+,15-,16-,18-/m1/s1. The number of rotatable bonds is 2. The Labute approximate surface area is 119 Å². The van der Waals surface area contributed by atoms with Crippen LogP contribution in [0, 0.1) is 35.0 Å². The van der Waals surface area contributed by atoms with Gasteiger partial charge in [-0.2, -0.15) is 0 Å². The zero-order valence-electron chi connectivity index (χ0n) is 13.3. The lowest BCUT2D eigenvalue weighted by molar-refractivity contribution is -0.192. The largest absolute Gasteiger partial charge is 0.390 e. The molecule has 4 aliphatic carbocycles. The van der Waals surface area contributed by atoms with Crippen molar-refractivity contribution in [1.29, 1.82) is 0 Å². The molecule has 0 aromatic heterocycles. The molecule has 4 saturated carbocycles. The van der Waals surface area contributed by atoms with Crippen molar-refractivity contribution < 1.29 is 5.11 Å². The normalized spacial score (nSPS) is 45.3. The lowest BCUT2D eigenvalue weighted by Crippen LogP contribution is -2.60. The summed E-state index contributed by atoms with van der Waals surface area (Å²) < 4.78 is 0. The van der Waals surface area contributed by atoms with Crippen LogP contribution in [-0.2, 0) is 0 Å². The monoisotopic (exact) mass is 264 g/mol. The minimum Gasteiger partial charge on any atom is -0.390 e. The van der Waals surface area contributed by atoms with Crippen molar-refractivity contribution in [2.75, 3.05) is 0 Å². The summed E-state index contributed by atoms with van der Waals surface area (Å²) in [5.41, 5.74) is 0.131. The van der Waals surface area contributed by atoms with Gasteiger partial charge in [-0.15, -0.1) is 0 Å². The molecule has 1 heteroatoms. The van der Waals surface area contributed by atoms with Gasteiger partial charge in [-0.05, 0) is 67.6 Å². The molecule has 0 aromatic carbocycles. The topological polar surface area (TPSA) is 20.2 Å². The smallest absolute Gasteiger partial charge is 0.0678 e. The predicted octanol–water partition coefficient (Wildman–Crippen LogP) is 4.64. The molecule has 0 heterocycles. The van der Waals surface area contributed by atoms with E-state index in [-0.39, 0.29) is 0 Å². The summed E-state index contributed by atoms with van der Waals surface area (Å²) >= 11 is 0. The van der Waals surface area contributed by atoms with Crippen molar-refractivity contribution in [2.45, 2.75) is 78.2 Å². The van der Waals surface area contributed by atoms with Gasteiger partial charge in [-0.1, -0.05) is 40.0 Å². The average Bonchev–Trinajstić information content (AvgIpc) is 2.39. The summed E-state index contributed by atoms with van der Waals surface area (Å²) in [6.45, 7) is 9.49. The molecular formula is C18H32O. The molecule has 2 bridgehead atoms. The molecule has 0 radical (unpaired) electrons. The van der Waals surface area contributed by atoms with Crippen LogP contribution in [0.25, 0.3) is 0 Å². The third-order valence-corrected chi connectivity index (χ3v) is 7.54. The van der Waals surface area contributed by atoms with Gasteiger partial charge in [0.1, 0.15) is 0 Å². The molecule has 0 amide bonds. The van der Waals surface area contributed by atoms with Crippen LogP contribution in [0.1, 0.15) is 72.6 Å². The SMILES string of the molecule is C[C@@H]1[C@H]2C[C@@H](C[C@H]1[C@](C)(O)C1CCCCC1)C2(C)C. The van der Waals surface area contributed by atoms with E-state index >= 15 is 0 Å². The van der Waals surface area contributed by atoms with Gasteiger partial charge in [0.2, 0.25) is 0 Å². The maximum Gasteiger partial charge on any atom is 0.0678 e. The lowest BCUT2D eigenvalue weighted by atomic mass is 9.41. The van der Waals surface area contributed by atoms with E-state index in [4.69, 9.17) is 0 Å². The lowest BCUT2D eigenvalue weighted by Gasteiger charge is -2.64. The Hall–Kier alpha value is -0.0400. The number of hydrogen-bond acceptors (Lipinski definition) is 1. The number of hydrogen-bond donors (Lipinski definition) is 1. The molecule has 0 saturated heterocycles. The molecule has 0 unspecified atom stereocenters. The fourth-order valence-corrected chi connectivity index (χ4v) is 5.91. The Morgan fingerprint density at radius 2 is 1.68 bits per heavy atom. The predicted molar refractivity (Wildman–Crippen MR) is 79.8 cm³/mol. The third-order valence-electron chi connectivity index (χ3n) is 7.54. The van der Waals surface area contributed by atoms with Crippen molar-refractivity contribution in [1.82, 2.24) is 0 Å². The second-order valence-electron chi connectivity index (χ2n) is 8.62. The van der Waals surface area contributed by atoms with Crippen LogP contribution in [0.5, 0.6) is 0 Å². The Morgan fingerprint density at radius 1 is 1.05 bits per heavy atom. The minimum atomic E-state index is -0.409. The Bertz CT molecular complexity index is 338. The molecule has 0 aromatic rings. The highest BCUT2D eigenvalue weighted by atomic mass is 16.3. The van der Waals surface area contributed by atoms with Crippen LogP contribution in [0.15, 0.2) is 0 Å². The van der Waals surface area contributed by atoms with Crippen LogP contribution in [0.4, 0.5) is 0 Å². The molecular weight excluding hydrogens is 232 g/mol. The molecule has 5 atom stereocenters. The quantitative estimate of drug-likeness (QED) is 0.770. The van der Waals surface area contributed by atoms with Crippen LogP contribution in [-0.4, -0.2) is 10.7 Å². The van der Waals surface area contributed by atoms with Gasteiger partial charge in [-0.25, -0.2) is 0 Å². The van der Waals surface area contributed by atoms with Gasteiger partial charge in [0.05, 0.1) is 5.60 Å². The summed E-state index contributed by atoms with van der Waals surface area (Å²) in [7, 11) is 0. The summed E-state index contributed by atoms with van der Waals surface area (Å²) in [6.07, 6.45) is 9.26. The summed E-state index contributed by atoms with van der Waals surface area (Å²) in [5, 5.41) is 11.2. The molecule has 4 aliphatic rings. The molecule has 4 rings (SSSR count). The van der Waals surface area contributed by atoms with E-state index in [1.807, 2.05) is 0 Å². The molecule has 4 fully saturated rings. The first kappa shape index (κ1) is 13.9. The molecule has 1 N–H and O–H groups in total. The second-order valence-corrected chi connectivity index (χ2v) is 8.62. The van der Waals surface area contributed by atoms with Crippen LogP contribution in [0.3, 0.4) is 0 Å². The van der Waals surface area contributed by atoms with Crippen LogP contribution in [0.2, 0.25) is 0 Å². The molecule has 110 valence electrons. The molecule has 19 heavy (non-hydrogen) atoms. The van der Waals surface area contributed by atoms with E-state index in [2.05, 4.69) is 27.7 Å². The van der Waals surface area contributed by atoms with Crippen LogP contribution >= 0.6 is 0 Å². The highest BCUT2D eigenvalue weighted by Crippen LogP contribution is 2.65. The maximum absolute atomic E-state index is 11.2. The fourth-order valence-electron chi connectivity index (χ4n) is 5.91. The molecule has 1 nitrogen and oxygen atoms in total. The Balaban J connectivity index is 1.75. The minimum absolute atomic E-state index is 0.409. The zero-order valence-corrected chi connectivity index (χ0v) is 13.3. The first-order valence-corrected chi connectivity index (χ1v) is 8.57. The zero-order chi connectivity index (χ0) is 13.8. The van der Waals surface area contributed by atoms with Gasteiger partial charge < -0.3 is 5.11 Å². The van der Waals surface area contributed by atoms with Crippen molar-refractivity contribution in [3.05, 3.63) is 0 Å². The van der Waals surface area contributed by atoms with E-state index < -0.39 is 5.60 Å². The molecule has 0 spiro atoms. The van der Waals surface area contributed by atoms with Gasteiger partial charge in [-0.3, -0.25) is 0 Å². The van der Waals surface area contributed by atoms with Crippen molar-refractivity contribution in [2.24, 2.45) is 35.0 Å². The van der Waals surface area contributed by atoms with Crippen molar-refractivity contribution in [3.63, 3.8) is 0 Å². The van der Waals surface area contributed by atoms with Crippen LogP contribution < -0.4 is 0 Å². The Morgan fingerprint density at radius 3 is 2.21 bits per heavy atom. The first-order chi connectivity index (χ1) is 8.85. The van der Waals surface area contributed by atoms with Gasteiger partial charge in [0.15, 0.2) is 0 Å². The number of aliphatic hydroxyl groups is 1. The van der Waals surface area contributed by atoms with Gasteiger partial charge in [0, 0.05) is 0 Å². The fraction of sp³-hybridized carbons (Fsp3) is 1.00. The highest BCUT2D eigenvalue weighted by molar-refractivity contribution is 5.09. The van der Waals surface area contributed by atoms with E-state index in [0.29, 0.717) is 23.2 Å². The third kappa shape index (κ3) is 1.99. The van der Waals surface area contributed by atoms with Crippen molar-refractivity contribution in [3.8, 4) is 0 Å². The second kappa shape index (κ2) is 4.48.